The number of nitrogen functional groups attached to an aromatic ring is 1. The van der Waals surface area contributed by atoms with E-state index in [-0.39, 0.29) is 11.9 Å². The fourth-order valence-electron chi connectivity index (χ4n) is 5.50. The highest BCUT2D eigenvalue weighted by atomic mass is 16.6. The van der Waals surface area contributed by atoms with Crippen molar-refractivity contribution in [2.45, 2.75) is 63.6 Å². The Labute approximate surface area is 197 Å². The van der Waals surface area contributed by atoms with Crippen molar-refractivity contribution < 1.29 is 18.7 Å². The van der Waals surface area contributed by atoms with E-state index in [1.54, 1.807) is 31.3 Å². The Morgan fingerprint density at radius 3 is 2.85 bits per heavy atom. The highest BCUT2D eigenvalue weighted by Crippen LogP contribution is 2.56. The van der Waals surface area contributed by atoms with Gasteiger partial charge in [0.15, 0.2) is 5.60 Å². The molecule has 2 aliphatic rings. The Balaban J connectivity index is 1.66. The molecule has 3 atom stereocenters. The fraction of sp³-hybridized carbons (Fsp3) is 0.370. The van der Waals surface area contributed by atoms with Crippen LogP contribution in [0.5, 0.6) is 5.75 Å². The summed E-state index contributed by atoms with van der Waals surface area (Å²) in [5.41, 5.74) is 6.87. The van der Waals surface area contributed by atoms with E-state index < -0.39 is 16.8 Å². The first-order valence-electron chi connectivity index (χ1n) is 11.6. The zero-order valence-corrected chi connectivity index (χ0v) is 19.6. The summed E-state index contributed by atoms with van der Waals surface area (Å²) in [6, 6.07) is 10.8. The van der Waals surface area contributed by atoms with Crippen molar-refractivity contribution in [3.63, 3.8) is 0 Å². The molecule has 0 bridgehead atoms. The maximum Gasteiger partial charge on any atom is 0.336 e. The summed E-state index contributed by atoms with van der Waals surface area (Å²) in [4.78, 5) is 28.9. The SMILES string of the molecule is CC=C(C)C(=O)OC1(C)CCCC(c2ccnc(N)c2)C12Cc1cc3ccc(=O)oc3cc1O2. The van der Waals surface area contributed by atoms with Crippen LogP contribution in [0.15, 0.2) is 63.5 Å². The average molecular weight is 461 g/mol. The van der Waals surface area contributed by atoms with Crippen LogP contribution in [0, 0.1) is 0 Å². The number of aromatic nitrogens is 1. The van der Waals surface area contributed by atoms with Gasteiger partial charge in [-0.15, -0.1) is 0 Å². The molecule has 3 aromatic rings. The van der Waals surface area contributed by atoms with E-state index in [1.165, 1.54) is 6.07 Å². The second-order valence-electron chi connectivity index (χ2n) is 9.47. The van der Waals surface area contributed by atoms with Gasteiger partial charge in [-0.25, -0.2) is 14.6 Å². The summed E-state index contributed by atoms with van der Waals surface area (Å²) in [6.45, 7) is 5.54. The third-order valence-electron chi connectivity index (χ3n) is 7.43. The molecule has 3 unspecified atom stereocenters. The number of allylic oxidation sites excluding steroid dienone is 1. The third kappa shape index (κ3) is 3.47. The molecule has 1 aliphatic carbocycles. The molecule has 0 amide bonds. The molecule has 176 valence electrons. The predicted octanol–water partition coefficient (Wildman–Crippen LogP) is 4.68. The van der Waals surface area contributed by atoms with Crippen molar-refractivity contribution in [2.75, 3.05) is 5.73 Å². The van der Waals surface area contributed by atoms with Gasteiger partial charge in [0.05, 0.1) is 0 Å². The first kappa shape index (κ1) is 22.2. The Morgan fingerprint density at radius 2 is 2.09 bits per heavy atom. The van der Waals surface area contributed by atoms with Gasteiger partial charge in [0.1, 0.15) is 22.8 Å². The van der Waals surface area contributed by atoms with Crippen molar-refractivity contribution in [1.29, 1.82) is 0 Å². The number of pyridine rings is 1. The molecule has 1 aromatic carbocycles. The van der Waals surface area contributed by atoms with Crippen LogP contribution in [0.25, 0.3) is 11.0 Å². The second-order valence-corrected chi connectivity index (χ2v) is 9.47. The van der Waals surface area contributed by atoms with E-state index >= 15 is 0 Å². The summed E-state index contributed by atoms with van der Waals surface area (Å²) in [6.07, 6.45) is 6.37. The highest BCUT2D eigenvalue weighted by Gasteiger charge is 2.62. The lowest BCUT2D eigenvalue weighted by Gasteiger charge is -2.52. The van der Waals surface area contributed by atoms with Gasteiger partial charge in [-0.05, 0) is 75.4 Å². The third-order valence-corrected chi connectivity index (χ3v) is 7.43. The molecule has 0 saturated heterocycles. The summed E-state index contributed by atoms with van der Waals surface area (Å²) in [5.74, 6) is 0.637. The first-order chi connectivity index (χ1) is 16.2. The molecule has 0 radical (unpaired) electrons. The molecule has 5 rings (SSSR count). The fourth-order valence-corrected chi connectivity index (χ4v) is 5.50. The molecule has 34 heavy (non-hydrogen) atoms. The number of fused-ring (bicyclic) bond motifs is 2. The zero-order chi connectivity index (χ0) is 24.1. The normalized spacial score (nSPS) is 26.3. The topological polar surface area (TPSA) is 105 Å². The van der Waals surface area contributed by atoms with Gasteiger partial charge in [0.2, 0.25) is 0 Å². The number of hydrogen-bond donors (Lipinski definition) is 1. The van der Waals surface area contributed by atoms with Crippen molar-refractivity contribution in [3.05, 3.63) is 75.8 Å². The van der Waals surface area contributed by atoms with Gasteiger partial charge in [0.25, 0.3) is 0 Å². The van der Waals surface area contributed by atoms with Crippen molar-refractivity contribution in [3.8, 4) is 5.75 Å². The molecule has 1 saturated carbocycles. The van der Waals surface area contributed by atoms with Crippen LogP contribution in [0.4, 0.5) is 5.82 Å². The second kappa shape index (κ2) is 8.01. The number of benzene rings is 1. The van der Waals surface area contributed by atoms with Crippen LogP contribution in [0.1, 0.15) is 57.1 Å². The Kier molecular flexibility index (Phi) is 5.23. The molecule has 7 nitrogen and oxygen atoms in total. The molecule has 1 aliphatic heterocycles. The van der Waals surface area contributed by atoms with Crippen LogP contribution in [0.2, 0.25) is 0 Å². The van der Waals surface area contributed by atoms with Gasteiger partial charge in [0, 0.05) is 41.6 Å². The summed E-state index contributed by atoms with van der Waals surface area (Å²) < 4.78 is 18.4. The molecule has 2 N–H and O–H groups in total. The number of nitrogens with zero attached hydrogens (tertiary/aromatic N) is 1. The molecule has 2 aromatic heterocycles. The van der Waals surface area contributed by atoms with Crippen LogP contribution in [-0.2, 0) is 16.0 Å². The van der Waals surface area contributed by atoms with E-state index in [1.807, 2.05) is 32.0 Å². The van der Waals surface area contributed by atoms with Gasteiger partial charge in [-0.2, -0.15) is 0 Å². The summed E-state index contributed by atoms with van der Waals surface area (Å²) >= 11 is 0. The Bertz CT molecular complexity index is 1380. The minimum atomic E-state index is -0.901. The minimum absolute atomic E-state index is 0.0854. The quantitative estimate of drug-likeness (QED) is 0.344. The lowest BCUT2D eigenvalue weighted by Crippen LogP contribution is -2.63. The minimum Gasteiger partial charge on any atom is -0.482 e. The standard InChI is InChI=1S/C27H28N2O5/c1-4-16(2)25(31)34-26(3)10-5-6-20(17-9-11-29-23(28)13-17)27(26)15-19-12-18-7-8-24(30)32-21(18)14-22(19)33-27/h4,7-9,11-14,20H,5-6,10,15H2,1-3H3,(H2,28,29). The van der Waals surface area contributed by atoms with Gasteiger partial charge in [-0.3, -0.25) is 0 Å². The summed E-state index contributed by atoms with van der Waals surface area (Å²) in [7, 11) is 0. The maximum absolute atomic E-state index is 13.0. The molecule has 1 spiro atoms. The number of carbonyl (C=O) groups excluding carboxylic acids is 1. The molecule has 1 fully saturated rings. The number of carbonyl (C=O) groups is 1. The van der Waals surface area contributed by atoms with Gasteiger partial charge in [-0.1, -0.05) is 6.08 Å². The average Bonchev–Trinajstić information content (AvgIpc) is 3.18. The van der Waals surface area contributed by atoms with Crippen molar-refractivity contribution >= 4 is 22.8 Å². The number of hydrogen-bond acceptors (Lipinski definition) is 7. The first-order valence-corrected chi connectivity index (χ1v) is 11.6. The van der Waals surface area contributed by atoms with Crippen LogP contribution in [-0.4, -0.2) is 22.2 Å². The molecule has 3 heterocycles. The van der Waals surface area contributed by atoms with Crippen LogP contribution >= 0.6 is 0 Å². The number of nitrogens with two attached hydrogens (primary N) is 1. The largest absolute Gasteiger partial charge is 0.482 e. The maximum atomic E-state index is 13.0. The van der Waals surface area contributed by atoms with Gasteiger partial charge >= 0.3 is 11.6 Å². The number of anilines is 1. The highest BCUT2D eigenvalue weighted by molar-refractivity contribution is 5.88. The smallest absolute Gasteiger partial charge is 0.336 e. The summed E-state index contributed by atoms with van der Waals surface area (Å²) in [5, 5.41) is 0.822. The lowest BCUT2D eigenvalue weighted by atomic mass is 9.62. The van der Waals surface area contributed by atoms with Crippen molar-refractivity contribution in [2.24, 2.45) is 0 Å². The van der Waals surface area contributed by atoms with Gasteiger partial charge < -0.3 is 19.6 Å². The number of esters is 1. The Hall–Kier alpha value is -3.61. The predicted molar refractivity (Wildman–Crippen MR) is 129 cm³/mol. The van der Waals surface area contributed by atoms with E-state index in [0.717, 1.165) is 29.4 Å². The van der Waals surface area contributed by atoms with E-state index in [9.17, 15) is 9.59 Å². The number of ether oxygens (including phenoxy) is 2. The molecule has 7 heteroatoms. The van der Waals surface area contributed by atoms with E-state index in [4.69, 9.17) is 19.6 Å². The zero-order valence-electron chi connectivity index (χ0n) is 19.6. The molecular formula is C27H28N2O5. The van der Waals surface area contributed by atoms with E-state index in [2.05, 4.69) is 4.98 Å². The van der Waals surface area contributed by atoms with Crippen LogP contribution < -0.4 is 16.1 Å². The van der Waals surface area contributed by atoms with Crippen LogP contribution in [0.3, 0.4) is 0 Å². The molecular weight excluding hydrogens is 432 g/mol. The Morgan fingerprint density at radius 1 is 1.26 bits per heavy atom. The van der Waals surface area contributed by atoms with E-state index in [0.29, 0.717) is 35.6 Å². The number of rotatable bonds is 3. The lowest BCUT2D eigenvalue weighted by molar-refractivity contribution is -0.193. The van der Waals surface area contributed by atoms with Crippen molar-refractivity contribution in [1.82, 2.24) is 4.98 Å². The monoisotopic (exact) mass is 460 g/mol.